The molecule has 1 aromatic heterocycles. The van der Waals surface area contributed by atoms with Crippen LogP contribution in [-0.4, -0.2) is 22.6 Å². The summed E-state index contributed by atoms with van der Waals surface area (Å²) in [5, 5.41) is 9.22. The summed E-state index contributed by atoms with van der Waals surface area (Å²) in [5.41, 5.74) is 0.905. The molecule has 1 aliphatic rings. The summed E-state index contributed by atoms with van der Waals surface area (Å²) in [4.78, 5) is 10.8. The van der Waals surface area contributed by atoms with E-state index in [2.05, 4.69) is 20.9 Å². The summed E-state index contributed by atoms with van der Waals surface area (Å²) in [5.74, 6) is 1.57. The van der Waals surface area contributed by atoms with E-state index in [1.807, 2.05) is 13.8 Å². The van der Waals surface area contributed by atoms with Crippen molar-refractivity contribution in [2.24, 2.45) is 0 Å². The summed E-state index contributed by atoms with van der Waals surface area (Å²) in [6.07, 6.45) is 2.85. The lowest BCUT2D eigenvalue weighted by atomic mass is 10.3. The molecule has 2 rings (SSSR count). The van der Waals surface area contributed by atoms with E-state index in [-0.39, 0.29) is 0 Å². The first-order valence-electron chi connectivity index (χ1n) is 5.78. The predicted molar refractivity (Wildman–Crippen MR) is 67.1 cm³/mol. The highest BCUT2D eigenvalue weighted by atomic mass is 35.5. The maximum atomic E-state index is 8.71. The van der Waals surface area contributed by atoms with Crippen LogP contribution in [0.3, 0.4) is 0 Å². The van der Waals surface area contributed by atoms with Crippen molar-refractivity contribution in [1.29, 1.82) is 5.26 Å². The van der Waals surface area contributed by atoms with Gasteiger partial charge in [-0.05, 0) is 26.7 Å². The third-order valence-electron chi connectivity index (χ3n) is 2.90. The maximum Gasteiger partial charge on any atom is 0.137 e. The monoisotopic (exact) mass is 250 g/mol. The summed E-state index contributed by atoms with van der Waals surface area (Å²) in [6, 6.07) is 2.70. The Morgan fingerprint density at radius 2 is 2.12 bits per heavy atom. The van der Waals surface area contributed by atoms with E-state index in [9.17, 15) is 0 Å². The van der Waals surface area contributed by atoms with Crippen molar-refractivity contribution in [3.8, 4) is 6.07 Å². The molecule has 0 spiro atoms. The second kappa shape index (κ2) is 4.89. The molecule has 0 aromatic carbocycles. The highest BCUT2D eigenvalue weighted by Crippen LogP contribution is 2.33. The summed E-state index contributed by atoms with van der Waals surface area (Å²) in [6.45, 7) is 4.48. The molecule has 0 amide bonds. The van der Waals surface area contributed by atoms with Crippen molar-refractivity contribution >= 4 is 17.4 Å². The molecular formula is C12H15ClN4. The van der Waals surface area contributed by atoms with Crippen LogP contribution in [0.2, 0.25) is 5.15 Å². The molecule has 0 N–H and O–H groups in total. The fourth-order valence-corrected chi connectivity index (χ4v) is 2.08. The van der Waals surface area contributed by atoms with Gasteiger partial charge in [0.2, 0.25) is 0 Å². The van der Waals surface area contributed by atoms with Crippen molar-refractivity contribution in [3.05, 3.63) is 16.5 Å². The van der Waals surface area contributed by atoms with Gasteiger partial charge in [-0.2, -0.15) is 5.26 Å². The van der Waals surface area contributed by atoms with Crippen LogP contribution in [0.15, 0.2) is 0 Å². The maximum absolute atomic E-state index is 8.71. The van der Waals surface area contributed by atoms with Crippen molar-refractivity contribution in [1.82, 2.24) is 9.97 Å². The largest absolute Gasteiger partial charge is 0.352 e. The van der Waals surface area contributed by atoms with Gasteiger partial charge in [0.15, 0.2) is 0 Å². The molecule has 0 atom stereocenters. The number of nitrogens with zero attached hydrogens (tertiary/aromatic N) is 4. The molecule has 0 bridgehead atoms. The Morgan fingerprint density at radius 3 is 2.71 bits per heavy atom. The minimum atomic E-state index is 0.509. The van der Waals surface area contributed by atoms with Crippen LogP contribution in [0, 0.1) is 25.2 Å². The zero-order valence-electron chi connectivity index (χ0n) is 10.1. The van der Waals surface area contributed by atoms with E-state index in [1.165, 1.54) is 12.8 Å². The predicted octanol–water partition coefficient (Wildman–Crippen LogP) is 2.63. The zero-order valence-corrected chi connectivity index (χ0v) is 10.8. The van der Waals surface area contributed by atoms with Gasteiger partial charge in [-0.15, -0.1) is 0 Å². The van der Waals surface area contributed by atoms with E-state index < -0.39 is 0 Å². The Labute approximate surface area is 106 Å². The van der Waals surface area contributed by atoms with Gasteiger partial charge < -0.3 is 4.90 Å². The van der Waals surface area contributed by atoms with Crippen LogP contribution >= 0.6 is 11.6 Å². The Kier molecular flexibility index (Phi) is 3.49. The summed E-state index contributed by atoms with van der Waals surface area (Å²) >= 11 is 6.08. The van der Waals surface area contributed by atoms with Crippen LogP contribution in [-0.2, 0) is 0 Å². The molecule has 17 heavy (non-hydrogen) atoms. The van der Waals surface area contributed by atoms with Crippen LogP contribution < -0.4 is 4.90 Å². The zero-order chi connectivity index (χ0) is 12.4. The van der Waals surface area contributed by atoms with Crippen molar-refractivity contribution in [3.63, 3.8) is 0 Å². The molecule has 4 nitrogen and oxygen atoms in total. The number of hydrogen-bond donors (Lipinski definition) is 0. The first-order valence-corrected chi connectivity index (χ1v) is 6.15. The van der Waals surface area contributed by atoms with Crippen LogP contribution in [0.25, 0.3) is 0 Å². The van der Waals surface area contributed by atoms with E-state index in [4.69, 9.17) is 16.9 Å². The number of halogens is 1. The SMILES string of the molecule is Cc1nc(Cl)c(C)c(N(CCC#N)C2CC2)n1. The van der Waals surface area contributed by atoms with Gasteiger partial charge in [0.25, 0.3) is 0 Å². The quantitative estimate of drug-likeness (QED) is 0.771. The average Bonchev–Trinajstić information content (AvgIpc) is 3.09. The van der Waals surface area contributed by atoms with Gasteiger partial charge in [-0.1, -0.05) is 11.6 Å². The Balaban J connectivity index is 2.32. The Morgan fingerprint density at radius 1 is 1.41 bits per heavy atom. The van der Waals surface area contributed by atoms with Crippen molar-refractivity contribution in [2.75, 3.05) is 11.4 Å². The lowest BCUT2D eigenvalue weighted by Gasteiger charge is -2.24. The van der Waals surface area contributed by atoms with Crippen LogP contribution in [0.5, 0.6) is 0 Å². The van der Waals surface area contributed by atoms with Gasteiger partial charge in [-0.3, -0.25) is 0 Å². The smallest absolute Gasteiger partial charge is 0.137 e. The van der Waals surface area contributed by atoms with E-state index in [1.54, 1.807) is 0 Å². The number of aromatic nitrogens is 2. The molecule has 0 unspecified atom stereocenters. The standard InChI is InChI=1S/C12H15ClN4/c1-8-11(13)15-9(2)16-12(8)17(7-3-6-14)10-4-5-10/h10H,3-5,7H2,1-2H3. The van der Waals surface area contributed by atoms with Gasteiger partial charge in [0.05, 0.1) is 12.5 Å². The average molecular weight is 251 g/mol. The fourth-order valence-electron chi connectivity index (χ4n) is 1.88. The molecule has 0 radical (unpaired) electrons. The summed E-state index contributed by atoms with van der Waals surface area (Å²) < 4.78 is 0. The van der Waals surface area contributed by atoms with Gasteiger partial charge >= 0.3 is 0 Å². The third kappa shape index (κ3) is 2.67. The Hall–Kier alpha value is -1.34. The number of nitriles is 1. The van der Waals surface area contributed by atoms with E-state index in [0.717, 1.165) is 17.9 Å². The molecule has 1 fully saturated rings. The molecule has 90 valence electrons. The first kappa shape index (κ1) is 12.1. The molecule has 1 saturated carbocycles. The number of aryl methyl sites for hydroxylation is 1. The van der Waals surface area contributed by atoms with E-state index in [0.29, 0.717) is 23.4 Å². The van der Waals surface area contributed by atoms with E-state index >= 15 is 0 Å². The molecule has 0 aliphatic heterocycles. The molecule has 0 saturated heterocycles. The normalized spacial score (nSPS) is 14.5. The minimum Gasteiger partial charge on any atom is -0.352 e. The molecule has 5 heteroatoms. The molecular weight excluding hydrogens is 236 g/mol. The number of rotatable bonds is 4. The van der Waals surface area contributed by atoms with Crippen LogP contribution in [0.1, 0.15) is 30.7 Å². The van der Waals surface area contributed by atoms with Crippen molar-refractivity contribution < 1.29 is 0 Å². The molecule has 1 aliphatic carbocycles. The third-order valence-corrected chi connectivity index (χ3v) is 3.26. The van der Waals surface area contributed by atoms with Crippen LogP contribution in [0.4, 0.5) is 5.82 Å². The number of hydrogen-bond acceptors (Lipinski definition) is 4. The van der Waals surface area contributed by atoms with Gasteiger partial charge in [0.1, 0.15) is 16.8 Å². The fraction of sp³-hybridized carbons (Fsp3) is 0.583. The second-order valence-electron chi connectivity index (χ2n) is 4.34. The second-order valence-corrected chi connectivity index (χ2v) is 4.70. The molecule has 1 aromatic rings. The lowest BCUT2D eigenvalue weighted by Crippen LogP contribution is -2.28. The van der Waals surface area contributed by atoms with Gasteiger partial charge in [0, 0.05) is 18.2 Å². The van der Waals surface area contributed by atoms with Gasteiger partial charge in [-0.25, -0.2) is 9.97 Å². The summed E-state index contributed by atoms with van der Waals surface area (Å²) in [7, 11) is 0. The lowest BCUT2D eigenvalue weighted by molar-refractivity contribution is 0.766. The topological polar surface area (TPSA) is 52.8 Å². The van der Waals surface area contributed by atoms with Crippen molar-refractivity contribution in [2.45, 2.75) is 39.2 Å². The minimum absolute atomic E-state index is 0.509. The first-order chi connectivity index (χ1) is 8.13. The molecule has 1 heterocycles. The highest BCUT2D eigenvalue weighted by molar-refractivity contribution is 6.30. The highest BCUT2D eigenvalue weighted by Gasteiger charge is 2.31. The Bertz CT molecular complexity index is 462. The number of anilines is 1.